The minimum Gasteiger partial charge on any atom is -0.106 e. The lowest BCUT2D eigenvalue weighted by Crippen LogP contribution is -2.17. The molecule has 1 aliphatic rings. The molecule has 0 aliphatic heterocycles. The van der Waals surface area contributed by atoms with E-state index in [1.54, 1.807) is 0 Å². The molecule has 0 aromatic carbocycles. The molecule has 1 saturated carbocycles. The molecule has 0 amide bonds. The molecule has 1 rings (SSSR count). The van der Waals surface area contributed by atoms with E-state index >= 15 is 0 Å². The molecule has 1 aliphatic carbocycles. The summed E-state index contributed by atoms with van der Waals surface area (Å²) in [5.74, 6) is 6.34. The van der Waals surface area contributed by atoms with E-state index in [1.807, 2.05) is 6.92 Å². The Hall–Kier alpha value is -0.440. The molecule has 0 aromatic rings. The maximum absolute atomic E-state index is 3.31. The van der Waals surface area contributed by atoms with Gasteiger partial charge in [-0.3, -0.25) is 0 Å². The highest BCUT2D eigenvalue weighted by molar-refractivity contribution is 5.09. The fourth-order valence-corrected chi connectivity index (χ4v) is 1.76. The van der Waals surface area contributed by atoms with Gasteiger partial charge in [0.25, 0.3) is 0 Å². The first kappa shape index (κ1) is 7.66. The minimum absolute atomic E-state index is 0.368. The second-order valence-electron chi connectivity index (χ2n) is 3.50. The minimum atomic E-state index is 0.368. The van der Waals surface area contributed by atoms with Crippen LogP contribution in [0, 0.1) is 17.3 Å². The van der Waals surface area contributed by atoms with Crippen molar-refractivity contribution >= 4 is 0 Å². The molecule has 0 spiro atoms. The first-order chi connectivity index (χ1) is 4.77. The summed E-state index contributed by atoms with van der Waals surface area (Å²) >= 11 is 0. The van der Waals surface area contributed by atoms with Gasteiger partial charge >= 0.3 is 0 Å². The van der Waals surface area contributed by atoms with E-state index < -0.39 is 0 Å². The fraction of sp³-hybridized carbons (Fsp3) is 0.800. The molecule has 0 bridgehead atoms. The van der Waals surface area contributed by atoms with Crippen LogP contribution >= 0.6 is 0 Å². The van der Waals surface area contributed by atoms with Gasteiger partial charge in [0.2, 0.25) is 0 Å². The maximum atomic E-state index is 3.31. The van der Waals surface area contributed by atoms with E-state index in [9.17, 15) is 0 Å². The molecule has 0 nitrogen and oxygen atoms in total. The molecule has 0 heteroatoms. The quantitative estimate of drug-likeness (QED) is 0.449. The Balaban J connectivity index is 2.53. The lowest BCUT2D eigenvalue weighted by molar-refractivity contribution is 0.299. The zero-order valence-corrected chi connectivity index (χ0v) is 7.04. The van der Waals surface area contributed by atoms with Gasteiger partial charge in [-0.2, -0.15) is 0 Å². The average Bonchev–Trinajstić information content (AvgIpc) is 1.89. The second-order valence-corrected chi connectivity index (χ2v) is 3.50. The van der Waals surface area contributed by atoms with Gasteiger partial charge in [0, 0.05) is 5.41 Å². The highest BCUT2D eigenvalue weighted by Gasteiger charge is 2.23. The summed E-state index contributed by atoms with van der Waals surface area (Å²) in [5.41, 5.74) is 0.368. The predicted molar refractivity (Wildman–Crippen MR) is 44.6 cm³/mol. The summed E-state index contributed by atoms with van der Waals surface area (Å²) in [4.78, 5) is 0. The van der Waals surface area contributed by atoms with Gasteiger partial charge in [0.05, 0.1) is 0 Å². The van der Waals surface area contributed by atoms with E-state index in [-0.39, 0.29) is 0 Å². The third kappa shape index (κ3) is 1.77. The summed E-state index contributed by atoms with van der Waals surface area (Å²) in [6.45, 7) is 4.24. The van der Waals surface area contributed by atoms with Crippen LogP contribution in [0.4, 0.5) is 0 Å². The molecular weight excluding hydrogens is 120 g/mol. The predicted octanol–water partition coefficient (Wildman–Crippen LogP) is 2.98. The zero-order chi connectivity index (χ0) is 7.45. The van der Waals surface area contributed by atoms with Crippen LogP contribution in [0.5, 0.6) is 0 Å². The van der Waals surface area contributed by atoms with Crippen molar-refractivity contribution in [3.8, 4) is 11.8 Å². The van der Waals surface area contributed by atoms with Gasteiger partial charge in [0.15, 0.2) is 0 Å². The molecular formula is C10H16. The SMILES string of the molecule is CC#CC1(C)CCCCC1. The standard InChI is InChI=1S/C10H16/c1-3-7-10(2)8-5-4-6-9-10/h4-6,8-9H2,1-2H3. The van der Waals surface area contributed by atoms with Gasteiger partial charge in [-0.25, -0.2) is 0 Å². The van der Waals surface area contributed by atoms with Crippen LogP contribution in [0.15, 0.2) is 0 Å². The number of hydrogen-bond acceptors (Lipinski definition) is 0. The van der Waals surface area contributed by atoms with Gasteiger partial charge < -0.3 is 0 Å². The normalized spacial score (nSPS) is 23.0. The molecule has 0 N–H and O–H groups in total. The van der Waals surface area contributed by atoms with Crippen LogP contribution < -0.4 is 0 Å². The lowest BCUT2D eigenvalue weighted by Gasteiger charge is -2.27. The van der Waals surface area contributed by atoms with E-state index in [4.69, 9.17) is 0 Å². The largest absolute Gasteiger partial charge is 0.106 e. The average molecular weight is 136 g/mol. The molecule has 0 radical (unpaired) electrons. The third-order valence-corrected chi connectivity index (χ3v) is 2.38. The summed E-state index contributed by atoms with van der Waals surface area (Å²) in [7, 11) is 0. The summed E-state index contributed by atoms with van der Waals surface area (Å²) in [5, 5.41) is 0. The zero-order valence-electron chi connectivity index (χ0n) is 7.04. The Bertz CT molecular complexity index is 151. The Morgan fingerprint density at radius 2 is 1.70 bits per heavy atom. The lowest BCUT2D eigenvalue weighted by atomic mass is 9.76. The van der Waals surface area contributed by atoms with E-state index in [1.165, 1.54) is 32.1 Å². The Kier molecular flexibility index (Phi) is 2.38. The van der Waals surface area contributed by atoms with Gasteiger partial charge in [0.1, 0.15) is 0 Å². The highest BCUT2D eigenvalue weighted by atomic mass is 14.3. The molecule has 10 heavy (non-hydrogen) atoms. The molecule has 0 atom stereocenters. The van der Waals surface area contributed by atoms with Crippen molar-refractivity contribution in [2.75, 3.05) is 0 Å². The maximum Gasteiger partial charge on any atom is 0.0286 e. The van der Waals surface area contributed by atoms with Gasteiger partial charge in [-0.15, -0.1) is 5.92 Å². The van der Waals surface area contributed by atoms with Crippen molar-refractivity contribution in [2.24, 2.45) is 5.41 Å². The number of rotatable bonds is 0. The monoisotopic (exact) mass is 136 g/mol. The van der Waals surface area contributed by atoms with Gasteiger partial charge in [-0.05, 0) is 26.7 Å². The van der Waals surface area contributed by atoms with Gasteiger partial charge in [-0.1, -0.05) is 25.2 Å². The molecule has 0 saturated heterocycles. The van der Waals surface area contributed by atoms with E-state index in [0.29, 0.717) is 5.41 Å². The van der Waals surface area contributed by atoms with Crippen molar-refractivity contribution in [2.45, 2.75) is 46.0 Å². The fourth-order valence-electron chi connectivity index (χ4n) is 1.76. The Labute approximate surface area is 64.0 Å². The summed E-state index contributed by atoms with van der Waals surface area (Å²) in [6, 6.07) is 0. The van der Waals surface area contributed by atoms with Crippen LogP contribution in [-0.4, -0.2) is 0 Å². The first-order valence-corrected chi connectivity index (χ1v) is 4.21. The summed E-state index contributed by atoms with van der Waals surface area (Å²) < 4.78 is 0. The van der Waals surface area contributed by atoms with Crippen molar-refractivity contribution in [3.63, 3.8) is 0 Å². The van der Waals surface area contributed by atoms with Crippen molar-refractivity contribution < 1.29 is 0 Å². The van der Waals surface area contributed by atoms with Crippen LogP contribution in [0.25, 0.3) is 0 Å². The van der Waals surface area contributed by atoms with E-state index in [2.05, 4.69) is 18.8 Å². The first-order valence-electron chi connectivity index (χ1n) is 4.21. The molecule has 0 unspecified atom stereocenters. The van der Waals surface area contributed by atoms with Crippen molar-refractivity contribution in [3.05, 3.63) is 0 Å². The second kappa shape index (κ2) is 3.10. The van der Waals surface area contributed by atoms with Crippen LogP contribution in [0.3, 0.4) is 0 Å². The van der Waals surface area contributed by atoms with Crippen molar-refractivity contribution in [1.82, 2.24) is 0 Å². The Morgan fingerprint density at radius 1 is 1.10 bits per heavy atom. The molecule has 0 aromatic heterocycles. The van der Waals surface area contributed by atoms with E-state index in [0.717, 1.165) is 0 Å². The Morgan fingerprint density at radius 3 is 2.20 bits per heavy atom. The van der Waals surface area contributed by atoms with Crippen LogP contribution in [0.1, 0.15) is 46.0 Å². The molecule has 0 heterocycles. The molecule has 56 valence electrons. The highest BCUT2D eigenvalue weighted by Crippen LogP contribution is 2.34. The van der Waals surface area contributed by atoms with Crippen LogP contribution in [0.2, 0.25) is 0 Å². The number of hydrogen-bond donors (Lipinski definition) is 0. The third-order valence-electron chi connectivity index (χ3n) is 2.38. The molecule has 1 fully saturated rings. The van der Waals surface area contributed by atoms with Crippen LogP contribution in [-0.2, 0) is 0 Å². The topological polar surface area (TPSA) is 0 Å². The van der Waals surface area contributed by atoms with Crippen molar-refractivity contribution in [1.29, 1.82) is 0 Å². The smallest absolute Gasteiger partial charge is 0.0286 e. The summed E-state index contributed by atoms with van der Waals surface area (Å²) in [6.07, 6.45) is 6.80.